The lowest BCUT2D eigenvalue weighted by Crippen LogP contribution is -2.36. The molecule has 0 saturated heterocycles. The second-order valence-corrected chi connectivity index (χ2v) is 3.27. The van der Waals surface area contributed by atoms with Crippen molar-refractivity contribution in [3.63, 3.8) is 0 Å². The molecule has 0 spiro atoms. The van der Waals surface area contributed by atoms with E-state index in [-0.39, 0.29) is 0 Å². The predicted octanol–water partition coefficient (Wildman–Crippen LogP) is 2.34. The molecule has 1 heterocycles. The third-order valence-corrected chi connectivity index (χ3v) is 1.97. The van der Waals surface area contributed by atoms with E-state index < -0.39 is 12.3 Å². The molecule has 1 aliphatic rings. The number of hydrogen-bond donors (Lipinski definition) is 1. The highest BCUT2D eigenvalue weighted by atomic mass is 16.6. The first-order valence-corrected chi connectivity index (χ1v) is 4.56. The van der Waals surface area contributed by atoms with Gasteiger partial charge in [-0.3, -0.25) is 5.32 Å². The highest BCUT2D eigenvalue weighted by Gasteiger charge is 2.26. The Morgan fingerprint density at radius 3 is 3.00 bits per heavy atom. The zero-order chi connectivity index (χ0) is 10.8. The van der Waals surface area contributed by atoms with E-state index in [0.29, 0.717) is 11.5 Å². The fraction of sp³-hybridized carbons (Fsp3) is 0.182. The molecule has 1 aliphatic heterocycles. The molecule has 0 bridgehead atoms. The van der Waals surface area contributed by atoms with Crippen LogP contribution >= 0.6 is 0 Å². The van der Waals surface area contributed by atoms with Crippen LogP contribution in [0.4, 0.5) is 4.79 Å². The first-order chi connectivity index (χ1) is 7.16. The van der Waals surface area contributed by atoms with Gasteiger partial charge in [0.15, 0.2) is 0 Å². The van der Waals surface area contributed by atoms with Crippen LogP contribution in [-0.4, -0.2) is 6.09 Å². The van der Waals surface area contributed by atoms with Gasteiger partial charge in [-0.15, -0.1) is 0 Å². The van der Waals surface area contributed by atoms with E-state index in [9.17, 15) is 4.79 Å². The van der Waals surface area contributed by atoms with Gasteiger partial charge in [0, 0.05) is 0 Å². The van der Waals surface area contributed by atoms with Gasteiger partial charge in [0.25, 0.3) is 0 Å². The summed E-state index contributed by atoms with van der Waals surface area (Å²) in [5.41, 5.74) is 0.792. The third kappa shape index (κ3) is 1.93. The maximum absolute atomic E-state index is 11.2. The summed E-state index contributed by atoms with van der Waals surface area (Å²) >= 11 is 0. The molecule has 1 aromatic rings. The van der Waals surface area contributed by atoms with Crippen LogP contribution in [0.15, 0.2) is 36.6 Å². The molecule has 0 aliphatic carbocycles. The van der Waals surface area contributed by atoms with Crippen LogP contribution in [0.2, 0.25) is 0 Å². The van der Waals surface area contributed by atoms with Crippen molar-refractivity contribution in [3.05, 3.63) is 42.2 Å². The van der Waals surface area contributed by atoms with Gasteiger partial charge in [0.2, 0.25) is 6.23 Å². The average molecular weight is 205 g/mol. The summed E-state index contributed by atoms with van der Waals surface area (Å²) in [6.45, 7) is 5.36. The number of hydrogen-bond acceptors (Lipinski definition) is 3. The van der Waals surface area contributed by atoms with Crippen LogP contribution in [0, 0.1) is 0 Å². The first-order valence-electron chi connectivity index (χ1n) is 4.56. The molecule has 1 N–H and O–H groups in total. The molecule has 4 heteroatoms. The topological polar surface area (TPSA) is 47.6 Å². The summed E-state index contributed by atoms with van der Waals surface area (Å²) in [5.74, 6) is 1.06. The smallest absolute Gasteiger partial charge is 0.415 e. The van der Waals surface area contributed by atoms with E-state index in [1.807, 2.05) is 12.1 Å². The number of ether oxygens (including phenoxy) is 2. The van der Waals surface area contributed by atoms with Crippen molar-refractivity contribution in [2.75, 3.05) is 0 Å². The number of amides is 1. The van der Waals surface area contributed by atoms with Crippen molar-refractivity contribution in [3.8, 4) is 5.75 Å². The van der Waals surface area contributed by atoms with Gasteiger partial charge in [0.1, 0.15) is 5.75 Å². The van der Waals surface area contributed by atoms with E-state index in [1.165, 1.54) is 0 Å². The molecule has 0 radical (unpaired) electrons. The van der Waals surface area contributed by atoms with Crippen molar-refractivity contribution in [2.45, 2.75) is 13.2 Å². The number of nitrogens with one attached hydrogen (secondary N) is 1. The van der Waals surface area contributed by atoms with Crippen molar-refractivity contribution in [1.82, 2.24) is 5.32 Å². The molecule has 0 unspecified atom stereocenters. The van der Waals surface area contributed by atoms with Crippen LogP contribution in [0.5, 0.6) is 5.75 Å². The predicted molar refractivity (Wildman–Crippen MR) is 54.2 cm³/mol. The largest absolute Gasteiger partial charge is 0.471 e. The van der Waals surface area contributed by atoms with Crippen LogP contribution in [0.3, 0.4) is 0 Å². The number of rotatable bonds is 2. The Labute approximate surface area is 87.5 Å². The minimum atomic E-state index is -0.514. The third-order valence-electron chi connectivity index (χ3n) is 1.97. The van der Waals surface area contributed by atoms with Crippen molar-refractivity contribution >= 4 is 6.09 Å². The highest BCUT2D eigenvalue weighted by Crippen LogP contribution is 2.30. The SMILES string of the molecule is C=C(C)O[C@@H]1NC(=O)Oc2ccccc21. The number of para-hydroxylation sites is 1. The summed E-state index contributed by atoms with van der Waals surface area (Å²) in [6.07, 6.45) is -1.03. The maximum atomic E-state index is 11.2. The van der Waals surface area contributed by atoms with Gasteiger partial charge in [-0.05, 0) is 19.1 Å². The Morgan fingerprint density at radius 2 is 2.27 bits per heavy atom. The normalized spacial score (nSPS) is 18.5. The summed E-state index contributed by atoms with van der Waals surface area (Å²) < 4.78 is 10.4. The van der Waals surface area contributed by atoms with Gasteiger partial charge in [-0.2, -0.15) is 0 Å². The van der Waals surface area contributed by atoms with Crippen LogP contribution < -0.4 is 10.1 Å². The van der Waals surface area contributed by atoms with Crippen LogP contribution in [0.1, 0.15) is 18.7 Å². The molecule has 78 valence electrons. The fourth-order valence-electron chi connectivity index (χ4n) is 1.40. The van der Waals surface area contributed by atoms with Crippen molar-refractivity contribution in [2.24, 2.45) is 0 Å². The Balaban J connectivity index is 2.33. The van der Waals surface area contributed by atoms with E-state index >= 15 is 0 Å². The molecule has 0 saturated carbocycles. The van der Waals surface area contributed by atoms with E-state index in [2.05, 4.69) is 11.9 Å². The molecular formula is C11H11NO3. The molecule has 4 nitrogen and oxygen atoms in total. The van der Waals surface area contributed by atoms with E-state index in [1.54, 1.807) is 19.1 Å². The van der Waals surface area contributed by atoms with Gasteiger partial charge in [0.05, 0.1) is 11.3 Å². The standard InChI is InChI=1S/C11H11NO3/c1-7(2)14-10-8-5-3-4-6-9(8)15-11(13)12-10/h3-6,10H,1H2,2H3,(H,12,13)/t10-/m0/s1. The second kappa shape index (κ2) is 3.65. The number of carbonyl (C=O) groups is 1. The van der Waals surface area contributed by atoms with E-state index in [0.717, 1.165) is 5.56 Å². The highest BCUT2D eigenvalue weighted by molar-refractivity contribution is 5.73. The first kappa shape index (κ1) is 9.58. The lowest BCUT2D eigenvalue weighted by atomic mass is 10.1. The second-order valence-electron chi connectivity index (χ2n) is 3.27. The maximum Gasteiger partial charge on any atom is 0.415 e. The Hall–Kier alpha value is -1.97. The number of fused-ring (bicyclic) bond motifs is 1. The fourth-order valence-corrected chi connectivity index (χ4v) is 1.40. The summed E-state index contributed by atoms with van der Waals surface area (Å²) in [4.78, 5) is 11.2. The lowest BCUT2D eigenvalue weighted by Gasteiger charge is -2.26. The number of benzene rings is 1. The van der Waals surface area contributed by atoms with Gasteiger partial charge < -0.3 is 9.47 Å². The molecule has 2 rings (SSSR count). The molecule has 15 heavy (non-hydrogen) atoms. The van der Waals surface area contributed by atoms with Crippen LogP contribution in [-0.2, 0) is 4.74 Å². The summed E-state index contributed by atoms with van der Waals surface area (Å²) in [6, 6.07) is 7.22. The van der Waals surface area contributed by atoms with Crippen molar-refractivity contribution in [1.29, 1.82) is 0 Å². The van der Waals surface area contributed by atoms with Gasteiger partial charge >= 0.3 is 6.09 Å². The minimum absolute atomic E-state index is 0.514. The number of carbonyl (C=O) groups excluding carboxylic acids is 1. The zero-order valence-corrected chi connectivity index (χ0v) is 8.32. The average Bonchev–Trinajstić information content (AvgIpc) is 2.16. The zero-order valence-electron chi connectivity index (χ0n) is 8.32. The molecule has 0 fully saturated rings. The van der Waals surface area contributed by atoms with Gasteiger partial charge in [-0.25, -0.2) is 4.79 Å². The van der Waals surface area contributed by atoms with E-state index in [4.69, 9.17) is 9.47 Å². The summed E-state index contributed by atoms with van der Waals surface area (Å²) in [7, 11) is 0. The molecule has 0 aromatic heterocycles. The summed E-state index contributed by atoms with van der Waals surface area (Å²) in [5, 5.41) is 2.56. The van der Waals surface area contributed by atoms with Crippen LogP contribution in [0.25, 0.3) is 0 Å². The quantitative estimate of drug-likeness (QED) is 0.754. The lowest BCUT2D eigenvalue weighted by molar-refractivity contribution is 0.0734. The van der Waals surface area contributed by atoms with Crippen molar-refractivity contribution < 1.29 is 14.3 Å². The molecule has 1 atom stereocenters. The molecule has 1 aromatic carbocycles. The minimum Gasteiger partial charge on any atom is -0.471 e. The monoisotopic (exact) mass is 205 g/mol. The molecule has 1 amide bonds. The Morgan fingerprint density at radius 1 is 1.53 bits per heavy atom. The number of allylic oxidation sites excluding steroid dienone is 1. The molecular weight excluding hydrogens is 194 g/mol. The Kier molecular flexibility index (Phi) is 2.33. The van der Waals surface area contributed by atoms with Gasteiger partial charge in [-0.1, -0.05) is 18.7 Å². The Bertz CT molecular complexity index is 414.